The Bertz CT molecular complexity index is 400. The molecule has 0 fully saturated rings. The second-order valence-corrected chi connectivity index (χ2v) is 3.63. The normalized spacial score (nSPS) is 15.2. The summed E-state index contributed by atoms with van der Waals surface area (Å²) in [5.41, 5.74) is 4.74. The van der Waals surface area contributed by atoms with Crippen molar-refractivity contribution in [2.45, 2.75) is 20.3 Å². The van der Waals surface area contributed by atoms with Crippen LogP contribution < -0.4 is 0 Å². The number of hydrogen-bond acceptors (Lipinski definition) is 1. The van der Waals surface area contributed by atoms with Gasteiger partial charge in [-0.2, -0.15) is 0 Å². The van der Waals surface area contributed by atoms with E-state index >= 15 is 0 Å². The van der Waals surface area contributed by atoms with Gasteiger partial charge < -0.3 is 0 Å². The second kappa shape index (κ2) is 2.84. The summed E-state index contributed by atoms with van der Waals surface area (Å²) in [6.45, 7) is 4.07. The number of rotatable bonds is 0. The van der Waals surface area contributed by atoms with E-state index in [2.05, 4.69) is 25.1 Å². The van der Waals surface area contributed by atoms with Crippen LogP contribution in [0.15, 0.2) is 24.3 Å². The Morgan fingerprint density at radius 1 is 1.23 bits per heavy atom. The Morgan fingerprint density at radius 3 is 2.77 bits per heavy atom. The largest absolute Gasteiger partial charge is 0.294 e. The summed E-state index contributed by atoms with van der Waals surface area (Å²) in [5, 5.41) is 0. The lowest BCUT2D eigenvalue weighted by Gasteiger charge is -2.14. The van der Waals surface area contributed by atoms with Crippen molar-refractivity contribution in [3.05, 3.63) is 41.0 Å². The summed E-state index contributed by atoms with van der Waals surface area (Å²) in [6, 6.07) is 6.26. The van der Waals surface area contributed by atoms with Gasteiger partial charge in [-0.1, -0.05) is 23.8 Å². The molecular weight excluding hydrogens is 160 g/mol. The first kappa shape index (κ1) is 8.24. The molecule has 13 heavy (non-hydrogen) atoms. The third-order valence-corrected chi connectivity index (χ3v) is 2.43. The fourth-order valence-electron chi connectivity index (χ4n) is 1.77. The SMILES string of the molecule is CC1=CC(=O)Cc2ccc(C)cc21. The molecule has 1 aromatic rings. The summed E-state index contributed by atoms with van der Waals surface area (Å²) < 4.78 is 0. The zero-order valence-corrected chi connectivity index (χ0v) is 7.92. The van der Waals surface area contributed by atoms with E-state index in [4.69, 9.17) is 0 Å². The van der Waals surface area contributed by atoms with Crippen molar-refractivity contribution in [3.8, 4) is 0 Å². The minimum atomic E-state index is 0.217. The number of carbonyl (C=O) groups is 1. The molecule has 1 aromatic carbocycles. The van der Waals surface area contributed by atoms with E-state index in [1.54, 1.807) is 6.08 Å². The smallest absolute Gasteiger partial charge is 0.160 e. The number of carbonyl (C=O) groups excluding carboxylic acids is 1. The van der Waals surface area contributed by atoms with Gasteiger partial charge >= 0.3 is 0 Å². The monoisotopic (exact) mass is 172 g/mol. The zero-order valence-electron chi connectivity index (χ0n) is 7.92. The van der Waals surface area contributed by atoms with E-state index < -0.39 is 0 Å². The van der Waals surface area contributed by atoms with Crippen molar-refractivity contribution in [2.75, 3.05) is 0 Å². The number of allylic oxidation sites excluding steroid dienone is 2. The first-order chi connectivity index (χ1) is 6.16. The number of benzene rings is 1. The molecule has 0 aliphatic heterocycles. The molecule has 0 amide bonds. The summed E-state index contributed by atoms with van der Waals surface area (Å²) in [7, 11) is 0. The van der Waals surface area contributed by atoms with Gasteiger partial charge in [-0.05, 0) is 36.6 Å². The molecule has 1 aliphatic rings. The molecule has 0 saturated carbocycles. The Hall–Kier alpha value is -1.37. The van der Waals surface area contributed by atoms with Crippen molar-refractivity contribution in [1.82, 2.24) is 0 Å². The maximum Gasteiger partial charge on any atom is 0.160 e. The minimum absolute atomic E-state index is 0.217. The fourth-order valence-corrected chi connectivity index (χ4v) is 1.77. The van der Waals surface area contributed by atoms with Gasteiger partial charge in [-0.3, -0.25) is 4.79 Å². The van der Waals surface area contributed by atoms with Crippen LogP contribution in [0.3, 0.4) is 0 Å². The predicted molar refractivity (Wildman–Crippen MR) is 53.5 cm³/mol. The Labute approximate surface area is 78.1 Å². The summed E-state index contributed by atoms with van der Waals surface area (Å²) >= 11 is 0. The zero-order chi connectivity index (χ0) is 9.42. The molecule has 1 nitrogen and oxygen atoms in total. The molecule has 0 spiro atoms. The van der Waals surface area contributed by atoms with E-state index in [0.717, 1.165) is 11.1 Å². The van der Waals surface area contributed by atoms with Gasteiger partial charge in [-0.25, -0.2) is 0 Å². The van der Waals surface area contributed by atoms with Crippen LogP contribution in [0, 0.1) is 6.92 Å². The maximum absolute atomic E-state index is 11.2. The van der Waals surface area contributed by atoms with Crippen LogP contribution in [0.2, 0.25) is 0 Å². The lowest BCUT2D eigenvalue weighted by atomic mass is 9.90. The molecule has 0 N–H and O–H groups in total. The van der Waals surface area contributed by atoms with Crippen LogP contribution in [0.1, 0.15) is 23.6 Å². The van der Waals surface area contributed by atoms with Gasteiger partial charge in [0.2, 0.25) is 0 Å². The lowest BCUT2D eigenvalue weighted by molar-refractivity contribution is -0.114. The Balaban J connectivity index is 2.60. The van der Waals surface area contributed by atoms with Crippen LogP contribution >= 0.6 is 0 Å². The van der Waals surface area contributed by atoms with E-state index in [-0.39, 0.29) is 5.78 Å². The van der Waals surface area contributed by atoms with Gasteiger partial charge in [0.1, 0.15) is 0 Å². The molecule has 0 heterocycles. The van der Waals surface area contributed by atoms with E-state index in [1.165, 1.54) is 11.1 Å². The fraction of sp³-hybridized carbons (Fsp3) is 0.250. The minimum Gasteiger partial charge on any atom is -0.294 e. The van der Waals surface area contributed by atoms with Gasteiger partial charge in [-0.15, -0.1) is 0 Å². The van der Waals surface area contributed by atoms with Gasteiger partial charge in [0.25, 0.3) is 0 Å². The van der Waals surface area contributed by atoms with Gasteiger partial charge in [0, 0.05) is 6.42 Å². The van der Waals surface area contributed by atoms with Crippen LogP contribution in [-0.4, -0.2) is 5.78 Å². The third-order valence-electron chi connectivity index (χ3n) is 2.43. The second-order valence-electron chi connectivity index (χ2n) is 3.63. The highest BCUT2D eigenvalue weighted by Crippen LogP contribution is 2.25. The van der Waals surface area contributed by atoms with Crippen LogP contribution in [0.25, 0.3) is 5.57 Å². The van der Waals surface area contributed by atoms with Crippen molar-refractivity contribution >= 4 is 11.4 Å². The third kappa shape index (κ3) is 1.42. The standard InChI is InChI=1S/C12H12O/c1-8-3-4-10-7-11(13)6-9(2)12(10)5-8/h3-6H,7H2,1-2H3. The molecule has 0 saturated heterocycles. The number of hydrogen-bond donors (Lipinski definition) is 0. The molecule has 0 atom stereocenters. The predicted octanol–water partition coefficient (Wildman–Crippen LogP) is 2.52. The van der Waals surface area contributed by atoms with Crippen LogP contribution in [-0.2, 0) is 11.2 Å². The molecule has 0 aromatic heterocycles. The highest BCUT2D eigenvalue weighted by atomic mass is 16.1. The molecular formula is C12H12O. The van der Waals surface area contributed by atoms with E-state index in [9.17, 15) is 4.79 Å². The quantitative estimate of drug-likeness (QED) is 0.587. The van der Waals surface area contributed by atoms with Crippen LogP contribution in [0.5, 0.6) is 0 Å². The Kier molecular flexibility index (Phi) is 1.80. The van der Waals surface area contributed by atoms with E-state index in [1.807, 2.05) is 6.92 Å². The molecule has 1 heteroatoms. The highest BCUT2D eigenvalue weighted by Gasteiger charge is 2.13. The summed E-state index contributed by atoms with van der Waals surface area (Å²) in [4.78, 5) is 11.2. The average molecular weight is 172 g/mol. The van der Waals surface area contributed by atoms with Crippen molar-refractivity contribution in [1.29, 1.82) is 0 Å². The lowest BCUT2D eigenvalue weighted by Crippen LogP contribution is -2.07. The molecule has 2 rings (SSSR count). The number of fused-ring (bicyclic) bond motifs is 1. The average Bonchev–Trinajstić information content (AvgIpc) is 2.06. The molecule has 66 valence electrons. The molecule has 0 radical (unpaired) electrons. The van der Waals surface area contributed by atoms with Crippen molar-refractivity contribution in [3.63, 3.8) is 0 Å². The number of ketones is 1. The first-order valence-corrected chi connectivity index (χ1v) is 4.48. The van der Waals surface area contributed by atoms with Crippen molar-refractivity contribution in [2.24, 2.45) is 0 Å². The summed E-state index contributed by atoms with van der Waals surface area (Å²) in [5.74, 6) is 0.217. The molecule has 0 bridgehead atoms. The molecule has 1 aliphatic carbocycles. The highest BCUT2D eigenvalue weighted by molar-refractivity contribution is 6.01. The van der Waals surface area contributed by atoms with Crippen LogP contribution in [0.4, 0.5) is 0 Å². The number of aryl methyl sites for hydroxylation is 1. The topological polar surface area (TPSA) is 17.1 Å². The van der Waals surface area contributed by atoms with Crippen molar-refractivity contribution < 1.29 is 4.79 Å². The van der Waals surface area contributed by atoms with Gasteiger partial charge in [0.15, 0.2) is 5.78 Å². The molecule has 0 unspecified atom stereocenters. The maximum atomic E-state index is 11.2. The van der Waals surface area contributed by atoms with E-state index in [0.29, 0.717) is 6.42 Å². The Morgan fingerprint density at radius 2 is 2.00 bits per heavy atom. The van der Waals surface area contributed by atoms with Gasteiger partial charge in [0.05, 0.1) is 0 Å². The first-order valence-electron chi connectivity index (χ1n) is 4.48. The summed E-state index contributed by atoms with van der Waals surface area (Å²) in [6.07, 6.45) is 2.30.